The van der Waals surface area contributed by atoms with E-state index in [2.05, 4.69) is 30.7 Å². The van der Waals surface area contributed by atoms with Gasteiger partial charge in [-0.05, 0) is 19.3 Å². The highest BCUT2D eigenvalue weighted by Crippen LogP contribution is 2.49. The van der Waals surface area contributed by atoms with Gasteiger partial charge in [0.1, 0.15) is 30.0 Å². The number of fused-ring (bicyclic) bond motifs is 2. The zero-order chi connectivity index (χ0) is 14.7. The highest BCUT2D eigenvalue weighted by atomic mass is 16.5. The summed E-state index contributed by atoms with van der Waals surface area (Å²) in [5, 5.41) is 0.942. The van der Waals surface area contributed by atoms with Gasteiger partial charge in [0, 0.05) is 11.6 Å². The van der Waals surface area contributed by atoms with Crippen LogP contribution in [0, 0.1) is 12.8 Å². The maximum atomic E-state index is 6.14. The second-order valence-corrected chi connectivity index (χ2v) is 6.13. The Hall–Kier alpha value is -2.23. The SMILES string of the molecule is Cc1oc2occ3c2c1-c1c(c(CC(C)C)cc[n+]1C)O3. The van der Waals surface area contributed by atoms with Crippen LogP contribution in [-0.4, -0.2) is 0 Å². The fraction of sp³-hybridized carbons (Fsp3) is 0.353. The largest absolute Gasteiger partial charge is 0.446 e. The van der Waals surface area contributed by atoms with E-state index >= 15 is 0 Å². The predicted molar refractivity (Wildman–Crippen MR) is 78.4 cm³/mol. The third kappa shape index (κ3) is 1.65. The van der Waals surface area contributed by atoms with E-state index in [1.165, 1.54) is 5.56 Å². The van der Waals surface area contributed by atoms with Crippen LogP contribution in [0.5, 0.6) is 11.5 Å². The van der Waals surface area contributed by atoms with E-state index in [4.69, 9.17) is 13.6 Å². The highest BCUT2D eigenvalue weighted by Gasteiger charge is 2.35. The lowest BCUT2D eigenvalue weighted by molar-refractivity contribution is -0.660. The van der Waals surface area contributed by atoms with Gasteiger partial charge in [-0.1, -0.05) is 13.8 Å². The summed E-state index contributed by atoms with van der Waals surface area (Å²) in [4.78, 5) is 0. The Morgan fingerprint density at radius 1 is 1.29 bits per heavy atom. The minimum atomic E-state index is 0.539. The molecule has 0 saturated heterocycles. The van der Waals surface area contributed by atoms with Crippen LogP contribution >= 0.6 is 0 Å². The van der Waals surface area contributed by atoms with Gasteiger partial charge in [0.05, 0.1) is 0 Å². The topological polar surface area (TPSA) is 39.4 Å². The zero-order valence-electron chi connectivity index (χ0n) is 12.7. The van der Waals surface area contributed by atoms with Crippen LogP contribution in [0.25, 0.3) is 22.4 Å². The summed E-state index contributed by atoms with van der Waals surface area (Å²) in [7, 11) is 2.03. The lowest BCUT2D eigenvalue weighted by Crippen LogP contribution is -2.32. The molecular formula is C17H18NO3+. The van der Waals surface area contributed by atoms with Crippen LogP contribution in [0.1, 0.15) is 25.2 Å². The highest BCUT2D eigenvalue weighted by molar-refractivity contribution is 6.00. The first-order valence-corrected chi connectivity index (χ1v) is 7.26. The van der Waals surface area contributed by atoms with Crippen LogP contribution in [0.15, 0.2) is 27.4 Å². The van der Waals surface area contributed by atoms with Crippen LogP contribution in [0.4, 0.5) is 0 Å². The number of nitrogens with zero attached hydrogens (tertiary/aromatic N) is 1. The molecule has 0 N–H and O–H groups in total. The van der Waals surface area contributed by atoms with Gasteiger partial charge in [0.2, 0.25) is 5.75 Å². The molecule has 0 radical (unpaired) electrons. The van der Waals surface area contributed by atoms with Gasteiger partial charge in [-0.25, -0.2) is 0 Å². The van der Waals surface area contributed by atoms with Crippen molar-refractivity contribution in [2.75, 3.05) is 0 Å². The van der Waals surface area contributed by atoms with Crippen molar-refractivity contribution in [3.05, 3.63) is 29.9 Å². The zero-order valence-corrected chi connectivity index (χ0v) is 12.7. The number of hydrogen-bond acceptors (Lipinski definition) is 3. The number of pyridine rings is 1. The maximum absolute atomic E-state index is 6.14. The molecule has 0 aromatic carbocycles. The number of rotatable bonds is 2. The van der Waals surface area contributed by atoms with Crippen LogP contribution in [-0.2, 0) is 13.5 Å². The number of furan rings is 2. The number of aromatic nitrogens is 1. The van der Waals surface area contributed by atoms with E-state index in [-0.39, 0.29) is 0 Å². The van der Waals surface area contributed by atoms with Gasteiger partial charge >= 0.3 is 5.78 Å². The molecule has 4 rings (SSSR count). The standard InChI is InChI=1S/C17H18NO3/c1-9(2)7-11-5-6-18(4)15-13-10(3)20-17-14(13)12(8-19-17)21-16(11)15/h5-6,8-9H,7H2,1-4H3/q+1. The van der Waals surface area contributed by atoms with Crippen molar-refractivity contribution in [1.82, 2.24) is 0 Å². The summed E-state index contributed by atoms with van der Waals surface area (Å²) in [6, 6.07) is 2.14. The van der Waals surface area contributed by atoms with Crippen molar-refractivity contribution in [3.8, 4) is 22.8 Å². The Morgan fingerprint density at radius 3 is 2.86 bits per heavy atom. The molecule has 0 spiro atoms. The minimum absolute atomic E-state index is 0.539. The molecule has 0 saturated carbocycles. The average Bonchev–Trinajstić information content (AvgIpc) is 2.97. The summed E-state index contributed by atoms with van der Waals surface area (Å²) >= 11 is 0. The predicted octanol–water partition coefficient (Wildman–Crippen LogP) is 4.13. The fourth-order valence-electron chi connectivity index (χ4n) is 3.13. The summed E-state index contributed by atoms with van der Waals surface area (Å²) in [6.07, 6.45) is 4.70. The molecule has 1 aliphatic rings. The second-order valence-electron chi connectivity index (χ2n) is 6.13. The Bertz CT molecular complexity index is 855. The van der Waals surface area contributed by atoms with Crippen LogP contribution < -0.4 is 9.30 Å². The molecule has 0 unspecified atom stereocenters. The van der Waals surface area contributed by atoms with E-state index < -0.39 is 0 Å². The van der Waals surface area contributed by atoms with E-state index in [1.54, 1.807) is 6.26 Å². The molecule has 0 bridgehead atoms. The molecule has 0 atom stereocenters. The molecule has 4 heteroatoms. The van der Waals surface area contributed by atoms with E-state index in [0.29, 0.717) is 11.7 Å². The summed E-state index contributed by atoms with van der Waals surface area (Å²) < 4.78 is 19.4. The van der Waals surface area contributed by atoms with Gasteiger partial charge in [-0.3, -0.25) is 0 Å². The van der Waals surface area contributed by atoms with Gasteiger partial charge in [0.25, 0.3) is 5.69 Å². The molecule has 0 aliphatic carbocycles. The van der Waals surface area contributed by atoms with Gasteiger partial charge in [-0.15, -0.1) is 0 Å². The van der Waals surface area contributed by atoms with Gasteiger partial charge in [-0.2, -0.15) is 4.57 Å². The average molecular weight is 284 g/mol. The van der Waals surface area contributed by atoms with Crippen LogP contribution in [0.2, 0.25) is 0 Å². The quantitative estimate of drug-likeness (QED) is 0.519. The maximum Gasteiger partial charge on any atom is 0.302 e. The first-order chi connectivity index (χ1) is 10.1. The molecular weight excluding hydrogens is 266 g/mol. The summed E-state index contributed by atoms with van der Waals surface area (Å²) in [5.41, 5.74) is 3.38. The lowest BCUT2D eigenvalue weighted by Gasteiger charge is -2.17. The monoisotopic (exact) mass is 284 g/mol. The molecule has 3 aromatic heterocycles. The number of ether oxygens (including phenoxy) is 1. The molecule has 4 heterocycles. The smallest absolute Gasteiger partial charge is 0.302 e. The Kier molecular flexibility index (Phi) is 2.46. The van der Waals surface area contributed by atoms with Gasteiger partial charge < -0.3 is 13.6 Å². The Morgan fingerprint density at radius 2 is 2.10 bits per heavy atom. The van der Waals surface area contributed by atoms with Crippen molar-refractivity contribution in [3.63, 3.8) is 0 Å². The van der Waals surface area contributed by atoms with Gasteiger partial charge in [0.15, 0.2) is 11.9 Å². The molecule has 3 aromatic rings. The Balaban J connectivity index is 2.05. The van der Waals surface area contributed by atoms with Crippen LogP contribution in [0.3, 0.4) is 0 Å². The fourth-order valence-corrected chi connectivity index (χ4v) is 3.13. The van der Waals surface area contributed by atoms with Crippen molar-refractivity contribution in [2.45, 2.75) is 27.2 Å². The van der Waals surface area contributed by atoms with Crippen molar-refractivity contribution in [1.29, 1.82) is 0 Å². The molecule has 1 aliphatic heterocycles. The number of aryl methyl sites for hydroxylation is 2. The molecule has 21 heavy (non-hydrogen) atoms. The third-order valence-electron chi connectivity index (χ3n) is 4.01. The molecule has 0 amide bonds. The van der Waals surface area contributed by atoms with E-state index in [9.17, 15) is 0 Å². The minimum Gasteiger partial charge on any atom is -0.446 e. The lowest BCUT2D eigenvalue weighted by atomic mass is 9.97. The van der Waals surface area contributed by atoms with Crippen molar-refractivity contribution in [2.24, 2.45) is 13.0 Å². The summed E-state index contributed by atoms with van der Waals surface area (Å²) in [6.45, 7) is 6.40. The van der Waals surface area contributed by atoms with E-state index in [1.807, 2.05) is 14.0 Å². The first-order valence-electron chi connectivity index (χ1n) is 7.26. The second kappa shape index (κ2) is 4.13. The third-order valence-corrected chi connectivity index (χ3v) is 4.01. The summed E-state index contributed by atoms with van der Waals surface area (Å²) in [5.74, 6) is 3.65. The molecule has 4 nitrogen and oxygen atoms in total. The Labute approximate surface area is 122 Å². The van der Waals surface area contributed by atoms with Crippen molar-refractivity contribution < 1.29 is 18.1 Å². The normalized spacial score (nSPS) is 12.8. The molecule has 0 fully saturated rings. The number of hydrogen-bond donors (Lipinski definition) is 0. The molecule has 108 valence electrons. The first kappa shape index (κ1) is 12.5. The van der Waals surface area contributed by atoms with Crippen molar-refractivity contribution >= 4 is 11.2 Å². The van der Waals surface area contributed by atoms with E-state index in [0.717, 1.165) is 40.3 Å².